The Morgan fingerprint density at radius 3 is 0.622 bits per heavy atom. The molecule has 0 aliphatic rings. The fraction of sp³-hybridized carbons (Fsp3) is 1.00. The van der Waals surface area contributed by atoms with Crippen LogP contribution in [-0.4, -0.2) is 0 Å². The maximum absolute atomic E-state index is 2.43. The first-order valence-corrected chi connectivity index (χ1v) is 18.3. The van der Waals surface area contributed by atoms with Crippen molar-refractivity contribution in [2.75, 3.05) is 0 Å². The molecule has 0 amide bonds. The molecule has 0 nitrogen and oxygen atoms in total. The van der Waals surface area contributed by atoms with Crippen molar-refractivity contribution in [3.05, 3.63) is 0 Å². The normalized spacial score (nSPS) is 12.4. The van der Waals surface area contributed by atoms with Crippen molar-refractivity contribution in [1.29, 1.82) is 0 Å². The summed E-state index contributed by atoms with van der Waals surface area (Å²) < 4.78 is 0. The monoisotopic (exact) mass is 521 g/mol. The molecule has 224 valence electrons. The van der Waals surface area contributed by atoms with E-state index in [1.54, 1.807) is 0 Å². The summed E-state index contributed by atoms with van der Waals surface area (Å²) in [4.78, 5) is 0. The van der Waals surface area contributed by atoms with E-state index in [-0.39, 0.29) is 0 Å². The van der Waals surface area contributed by atoms with Crippen molar-refractivity contribution in [3.8, 4) is 0 Å². The van der Waals surface area contributed by atoms with Gasteiger partial charge >= 0.3 is 0 Å². The maximum atomic E-state index is 2.43. The number of hydrogen-bond donors (Lipinski definition) is 0. The molecule has 0 aliphatic heterocycles. The van der Waals surface area contributed by atoms with Crippen LogP contribution in [0.3, 0.4) is 0 Å². The van der Waals surface area contributed by atoms with Crippen LogP contribution in [0.1, 0.15) is 233 Å². The highest BCUT2D eigenvalue weighted by atomic mass is 14.1. The van der Waals surface area contributed by atoms with Crippen molar-refractivity contribution < 1.29 is 0 Å². The van der Waals surface area contributed by atoms with Crippen molar-refractivity contribution >= 4 is 0 Å². The van der Waals surface area contributed by atoms with Gasteiger partial charge < -0.3 is 0 Å². The highest BCUT2D eigenvalue weighted by molar-refractivity contribution is 4.59. The standard InChI is InChI=1S/C37H76/c1-4-7-9-11-13-15-17-19-21-22-24-26-28-30-32-34-36-37(6-3)35-33-31-29-27-25-23-20-18-16-14-12-10-8-5-2/h37H,4-36H2,1-3H3. The number of rotatable bonds is 33. The van der Waals surface area contributed by atoms with E-state index in [2.05, 4.69) is 20.8 Å². The van der Waals surface area contributed by atoms with Gasteiger partial charge in [-0.15, -0.1) is 0 Å². The largest absolute Gasteiger partial charge is 0.0654 e. The summed E-state index contributed by atoms with van der Waals surface area (Å²) in [6.45, 7) is 7.05. The van der Waals surface area contributed by atoms with E-state index in [9.17, 15) is 0 Å². The van der Waals surface area contributed by atoms with Crippen molar-refractivity contribution in [3.63, 3.8) is 0 Å². The van der Waals surface area contributed by atoms with E-state index < -0.39 is 0 Å². The van der Waals surface area contributed by atoms with Gasteiger partial charge in [-0.05, 0) is 5.92 Å². The molecule has 0 aliphatic carbocycles. The molecule has 0 radical (unpaired) electrons. The average molecular weight is 521 g/mol. The van der Waals surface area contributed by atoms with E-state index in [0.717, 1.165) is 5.92 Å². The van der Waals surface area contributed by atoms with Gasteiger partial charge in [0.2, 0.25) is 0 Å². The molecule has 1 atom stereocenters. The van der Waals surface area contributed by atoms with Gasteiger partial charge in [0.1, 0.15) is 0 Å². The second-order valence-electron chi connectivity index (χ2n) is 12.8. The van der Waals surface area contributed by atoms with E-state index in [1.165, 1.54) is 212 Å². The maximum Gasteiger partial charge on any atom is -0.0417 e. The Morgan fingerprint density at radius 1 is 0.243 bits per heavy atom. The molecular formula is C37H76. The van der Waals surface area contributed by atoms with Gasteiger partial charge in [-0.25, -0.2) is 0 Å². The third kappa shape index (κ3) is 32.1. The Bertz CT molecular complexity index is 372. The zero-order chi connectivity index (χ0) is 26.9. The molecule has 0 spiro atoms. The molecule has 0 heteroatoms. The first-order valence-electron chi connectivity index (χ1n) is 18.3. The molecule has 0 aromatic heterocycles. The van der Waals surface area contributed by atoms with Crippen LogP contribution in [0.25, 0.3) is 0 Å². The van der Waals surface area contributed by atoms with Gasteiger partial charge in [-0.3, -0.25) is 0 Å². The smallest absolute Gasteiger partial charge is 0.0417 e. The minimum absolute atomic E-state index is 1.02. The Morgan fingerprint density at radius 2 is 0.432 bits per heavy atom. The van der Waals surface area contributed by atoms with Gasteiger partial charge in [0.15, 0.2) is 0 Å². The topological polar surface area (TPSA) is 0 Å². The summed E-state index contributed by atoms with van der Waals surface area (Å²) in [5, 5.41) is 0. The zero-order valence-corrected chi connectivity index (χ0v) is 26.9. The van der Waals surface area contributed by atoms with E-state index >= 15 is 0 Å². The molecule has 0 N–H and O–H groups in total. The molecule has 37 heavy (non-hydrogen) atoms. The van der Waals surface area contributed by atoms with Gasteiger partial charge in [-0.1, -0.05) is 233 Å². The SMILES string of the molecule is CCCCCCCCCCCCCCCCCCC(CC)CCCCCCCCCCCCCCCC. The Labute approximate surface area is 238 Å². The van der Waals surface area contributed by atoms with Crippen LogP contribution in [0, 0.1) is 5.92 Å². The van der Waals surface area contributed by atoms with Crippen LogP contribution in [0.15, 0.2) is 0 Å². The fourth-order valence-corrected chi connectivity index (χ4v) is 6.16. The first kappa shape index (κ1) is 37.0. The lowest BCUT2D eigenvalue weighted by atomic mass is 9.92. The van der Waals surface area contributed by atoms with Crippen LogP contribution in [0.5, 0.6) is 0 Å². The van der Waals surface area contributed by atoms with Crippen molar-refractivity contribution in [2.45, 2.75) is 233 Å². The number of hydrogen-bond acceptors (Lipinski definition) is 0. The molecule has 1 unspecified atom stereocenters. The molecular weight excluding hydrogens is 444 g/mol. The first-order chi connectivity index (χ1) is 18.3. The molecule has 0 bridgehead atoms. The van der Waals surface area contributed by atoms with E-state index in [1.807, 2.05) is 0 Å². The second-order valence-corrected chi connectivity index (χ2v) is 12.8. The lowest BCUT2D eigenvalue weighted by molar-refractivity contribution is 0.392. The van der Waals surface area contributed by atoms with Crippen LogP contribution in [0.2, 0.25) is 0 Å². The molecule has 0 heterocycles. The summed E-state index contributed by atoms with van der Waals surface area (Å²) >= 11 is 0. The predicted octanol–water partition coefficient (Wildman–Crippen LogP) is 14.5. The summed E-state index contributed by atoms with van der Waals surface area (Å²) in [5.41, 5.74) is 0. The molecule has 0 saturated carbocycles. The second kappa shape index (κ2) is 34.0. The Hall–Kier alpha value is 0. The lowest BCUT2D eigenvalue weighted by Crippen LogP contribution is -1.99. The minimum atomic E-state index is 1.02. The fourth-order valence-electron chi connectivity index (χ4n) is 6.16. The van der Waals surface area contributed by atoms with E-state index in [0.29, 0.717) is 0 Å². The highest BCUT2D eigenvalue weighted by Gasteiger charge is 2.06. The lowest BCUT2D eigenvalue weighted by Gasteiger charge is -2.14. The zero-order valence-electron chi connectivity index (χ0n) is 26.9. The van der Waals surface area contributed by atoms with Gasteiger partial charge in [0.05, 0.1) is 0 Å². The van der Waals surface area contributed by atoms with Crippen LogP contribution in [0.4, 0.5) is 0 Å². The van der Waals surface area contributed by atoms with Gasteiger partial charge in [-0.2, -0.15) is 0 Å². The molecule has 0 aromatic rings. The summed E-state index contributed by atoms with van der Waals surface area (Å²) in [6.07, 6.45) is 48.8. The Kier molecular flexibility index (Phi) is 34.0. The molecule has 0 saturated heterocycles. The van der Waals surface area contributed by atoms with E-state index in [4.69, 9.17) is 0 Å². The minimum Gasteiger partial charge on any atom is -0.0654 e. The van der Waals surface area contributed by atoms with Crippen LogP contribution < -0.4 is 0 Å². The van der Waals surface area contributed by atoms with Crippen molar-refractivity contribution in [2.24, 2.45) is 5.92 Å². The van der Waals surface area contributed by atoms with Gasteiger partial charge in [0, 0.05) is 0 Å². The summed E-state index contributed by atoms with van der Waals surface area (Å²) in [5.74, 6) is 1.02. The van der Waals surface area contributed by atoms with Crippen LogP contribution in [-0.2, 0) is 0 Å². The predicted molar refractivity (Wildman–Crippen MR) is 173 cm³/mol. The third-order valence-corrected chi connectivity index (χ3v) is 9.01. The third-order valence-electron chi connectivity index (χ3n) is 9.01. The summed E-state index contributed by atoms with van der Waals surface area (Å²) in [6, 6.07) is 0. The van der Waals surface area contributed by atoms with Crippen LogP contribution >= 0.6 is 0 Å². The average Bonchev–Trinajstić information content (AvgIpc) is 2.91. The molecule has 0 aromatic carbocycles. The van der Waals surface area contributed by atoms with Crippen molar-refractivity contribution in [1.82, 2.24) is 0 Å². The molecule has 0 rings (SSSR count). The molecule has 0 fully saturated rings. The Balaban J connectivity index is 3.25. The highest BCUT2D eigenvalue weighted by Crippen LogP contribution is 2.22. The quantitative estimate of drug-likeness (QED) is 0.0754. The number of unbranched alkanes of at least 4 members (excludes halogenated alkanes) is 28. The van der Waals surface area contributed by atoms with Gasteiger partial charge in [0.25, 0.3) is 0 Å². The summed E-state index contributed by atoms with van der Waals surface area (Å²) in [7, 11) is 0.